The summed E-state index contributed by atoms with van der Waals surface area (Å²) in [6.07, 6.45) is 3.94. The molecule has 1 aliphatic carbocycles. The van der Waals surface area contributed by atoms with Gasteiger partial charge in [0, 0.05) is 26.3 Å². The third kappa shape index (κ3) is 2.58. The molecule has 2 rings (SSSR count). The summed E-state index contributed by atoms with van der Waals surface area (Å²) < 4.78 is 0. The second-order valence-electron chi connectivity index (χ2n) is 4.79. The second-order valence-corrected chi connectivity index (χ2v) is 5.20. The summed E-state index contributed by atoms with van der Waals surface area (Å²) in [5.41, 5.74) is 0.506. The molecule has 1 fully saturated rings. The van der Waals surface area contributed by atoms with E-state index in [4.69, 9.17) is 11.6 Å². The Balaban J connectivity index is 2.21. The predicted octanol–water partition coefficient (Wildman–Crippen LogP) is 2.65. The summed E-state index contributed by atoms with van der Waals surface area (Å²) in [6, 6.07) is 1.96. The van der Waals surface area contributed by atoms with Crippen LogP contribution in [0.3, 0.4) is 0 Å². The predicted molar refractivity (Wildman–Crippen MR) is 73.1 cm³/mol. The molecule has 1 unspecified atom stereocenters. The lowest BCUT2D eigenvalue weighted by Gasteiger charge is -2.25. The number of carbonyl (C=O) groups is 1. The Hall–Kier alpha value is -1.29. The van der Waals surface area contributed by atoms with Crippen molar-refractivity contribution in [2.45, 2.75) is 25.8 Å². The Labute approximate surface area is 112 Å². The van der Waals surface area contributed by atoms with Gasteiger partial charge in [-0.2, -0.15) is 0 Å². The van der Waals surface area contributed by atoms with E-state index in [0.717, 1.165) is 0 Å². The fourth-order valence-electron chi connectivity index (χ4n) is 2.01. The zero-order chi connectivity index (χ0) is 13.3. The first-order valence-electron chi connectivity index (χ1n) is 6.15. The topological polar surface area (TPSA) is 45.2 Å². The number of pyridine rings is 1. The third-order valence-electron chi connectivity index (χ3n) is 3.58. The highest BCUT2D eigenvalue weighted by Gasteiger charge is 2.33. The van der Waals surface area contributed by atoms with Crippen LogP contribution in [0, 0.1) is 5.92 Å². The molecule has 1 N–H and O–H groups in total. The Morgan fingerprint density at radius 1 is 1.61 bits per heavy atom. The molecule has 0 saturated heterocycles. The minimum absolute atomic E-state index is 0.0432. The molecule has 0 bridgehead atoms. The lowest BCUT2D eigenvalue weighted by Crippen LogP contribution is -2.36. The third-order valence-corrected chi connectivity index (χ3v) is 3.88. The number of nitrogens with one attached hydrogen (secondary N) is 1. The normalized spacial score (nSPS) is 16.2. The minimum Gasteiger partial charge on any atom is -0.373 e. The smallest absolute Gasteiger partial charge is 0.255 e. The van der Waals surface area contributed by atoms with Crippen molar-refractivity contribution in [3.05, 3.63) is 22.8 Å². The lowest BCUT2D eigenvalue weighted by molar-refractivity contribution is 0.0727. The van der Waals surface area contributed by atoms with E-state index < -0.39 is 0 Å². The van der Waals surface area contributed by atoms with Gasteiger partial charge in [-0.05, 0) is 31.7 Å². The van der Waals surface area contributed by atoms with Gasteiger partial charge in [0.2, 0.25) is 0 Å². The van der Waals surface area contributed by atoms with E-state index in [1.54, 1.807) is 18.0 Å². The van der Waals surface area contributed by atoms with E-state index in [1.165, 1.54) is 19.0 Å². The summed E-state index contributed by atoms with van der Waals surface area (Å²) in [6.45, 7) is 2.09. The number of rotatable bonds is 4. The average molecular weight is 268 g/mol. The molecule has 0 spiro atoms. The number of anilines is 1. The van der Waals surface area contributed by atoms with Crippen LogP contribution in [-0.2, 0) is 0 Å². The molecule has 0 radical (unpaired) electrons. The highest BCUT2D eigenvalue weighted by atomic mass is 35.5. The standard InChI is InChI=1S/C13H18ClN3O/c1-8(9-4-5-9)17(3)13(18)10-6-12(15-2)16-7-11(10)14/h6-9H,4-5H2,1-3H3,(H,15,16). The maximum atomic E-state index is 12.4. The van der Waals surface area contributed by atoms with Crippen LogP contribution in [0.15, 0.2) is 12.3 Å². The van der Waals surface area contributed by atoms with Crippen molar-refractivity contribution in [2.75, 3.05) is 19.4 Å². The molecule has 4 nitrogen and oxygen atoms in total. The van der Waals surface area contributed by atoms with Gasteiger partial charge < -0.3 is 10.2 Å². The minimum atomic E-state index is -0.0432. The maximum Gasteiger partial charge on any atom is 0.255 e. The van der Waals surface area contributed by atoms with Gasteiger partial charge in [-0.1, -0.05) is 11.6 Å². The largest absolute Gasteiger partial charge is 0.373 e. The Bertz CT molecular complexity index is 460. The number of hydrogen-bond donors (Lipinski definition) is 1. The van der Waals surface area contributed by atoms with Crippen LogP contribution in [-0.4, -0.2) is 35.9 Å². The zero-order valence-electron chi connectivity index (χ0n) is 10.9. The fraction of sp³-hybridized carbons (Fsp3) is 0.538. The van der Waals surface area contributed by atoms with Crippen LogP contribution in [0.5, 0.6) is 0 Å². The summed E-state index contributed by atoms with van der Waals surface area (Å²) in [4.78, 5) is 18.2. The molecule has 1 aromatic heterocycles. The van der Waals surface area contributed by atoms with Crippen molar-refractivity contribution in [1.82, 2.24) is 9.88 Å². The SMILES string of the molecule is CNc1cc(C(=O)N(C)C(C)C2CC2)c(Cl)cn1. The van der Waals surface area contributed by atoms with Gasteiger partial charge in [-0.15, -0.1) is 0 Å². The Morgan fingerprint density at radius 3 is 2.83 bits per heavy atom. The lowest BCUT2D eigenvalue weighted by atomic mass is 10.1. The van der Waals surface area contributed by atoms with Crippen molar-refractivity contribution in [2.24, 2.45) is 5.92 Å². The first-order valence-corrected chi connectivity index (χ1v) is 6.53. The molecular weight excluding hydrogens is 250 g/mol. The first-order chi connectivity index (χ1) is 8.54. The number of hydrogen-bond acceptors (Lipinski definition) is 3. The molecule has 98 valence electrons. The van der Waals surface area contributed by atoms with Crippen LogP contribution >= 0.6 is 11.6 Å². The van der Waals surface area contributed by atoms with E-state index >= 15 is 0 Å². The Morgan fingerprint density at radius 2 is 2.28 bits per heavy atom. The molecule has 1 aromatic rings. The van der Waals surface area contributed by atoms with E-state index in [1.807, 2.05) is 7.05 Å². The van der Waals surface area contributed by atoms with Crippen LogP contribution in [0.25, 0.3) is 0 Å². The highest BCUT2D eigenvalue weighted by Crippen LogP contribution is 2.35. The summed E-state index contributed by atoms with van der Waals surface area (Å²) in [5, 5.41) is 3.31. The quantitative estimate of drug-likeness (QED) is 0.912. The molecular formula is C13H18ClN3O. The van der Waals surface area contributed by atoms with Crippen LogP contribution in [0.4, 0.5) is 5.82 Å². The molecule has 0 aromatic carbocycles. The molecule has 1 atom stereocenters. The van der Waals surface area contributed by atoms with Gasteiger partial charge in [-0.25, -0.2) is 4.98 Å². The molecule has 1 amide bonds. The number of amides is 1. The van der Waals surface area contributed by atoms with E-state index in [0.29, 0.717) is 22.3 Å². The van der Waals surface area contributed by atoms with Gasteiger partial charge >= 0.3 is 0 Å². The molecule has 0 aliphatic heterocycles. The maximum absolute atomic E-state index is 12.4. The van der Waals surface area contributed by atoms with Gasteiger partial charge in [0.1, 0.15) is 5.82 Å². The number of carbonyl (C=O) groups excluding carboxylic acids is 1. The second kappa shape index (κ2) is 5.14. The van der Waals surface area contributed by atoms with Crippen LogP contribution in [0.2, 0.25) is 5.02 Å². The number of aromatic nitrogens is 1. The molecule has 1 saturated carbocycles. The van der Waals surface area contributed by atoms with E-state index in [-0.39, 0.29) is 11.9 Å². The Kier molecular flexibility index (Phi) is 3.76. The molecule has 1 heterocycles. The van der Waals surface area contributed by atoms with E-state index in [9.17, 15) is 4.79 Å². The van der Waals surface area contributed by atoms with E-state index in [2.05, 4.69) is 17.2 Å². The van der Waals surface area contributed by atoms with Crippen LogP contribution < -0.4 is 5.32 Å². The van der Waals surface area contributed by atoms with Gasteiger partial charge in [0.25, 0.3) is 5.91 Å². The van der Waals surface area contributed by atoms with Crippen molar-refractivity contribution in [1.29, 1.82) is 0 Å². The molecule has 5 heteroatoms. The summed E-state index contributed by atoms with van der Waals surface area (Å²) in [7, 11) is 3.60. The average Bonchev–Trinajstić information content (AvgIpc) is 3.21. The summed E-state index contributed by atoms with van der Waals surface area (Å²) >= 11 is 6.05. The van der Waals surface area contributed by atoms with Crippen LogP contribution in [0.1, 0.15) is 30.1 Å². The zero-order valence-corrected chi connectivity index (χ0v) is 11.7. The van der Waals surface area contributed by atoms with Crippen molar-refractivity contribution < 1.29 is 4.79 Å². The molecule has 1 aliphatic rings. The summed E-state index contributed by atoms with van der Waals surface area (Å²) in [5.74, 6) is 1.25. The van der Waals surface area contributed by atoms with Crippen molar-refractivity contribution in [3.63, 3.8) is 0 Å². The van der Waals surface area contributed by atoms with Gasteiger partial charge in [0.05, 0.1) is 10.6 Å². The highest BCUT2D eigenvalue weighted by molar-refractivity contribution is 6.33. The number of halogens is 1. The van der Waals surface area contributed by atoms with Gasteiger partial charge in [0.15, 0.2) is 0 Å². The molecule has 18 heavy (non-hydrogen) atoms. The number of nitrogens with zero attached hydrogens (tertiary/aromatic N) is 2. The van der Waals surface area contributed by atoms with Crippen molar-refractivity contribution >= 4 is 23.3 Å². The monoisotopic (exact) mass is 267 g/mol. The first kappa shape index (κ1) is 13.1. The fourth-order valence-corrected chi connectivity index (χ4v) is 2.19. The van der Waals surface area contributed by atoms with Crippen molar-refractivity contribution in [3.8, 4) is 0 Å². The van der Waals surface area contributed by atoms with Gasteiger partial charge in [-0.3, -0.25) is 4.79 Å².